The van der Waals surface area contributed by atoms with Crippen molar-refractivity contribution in [1.82, 2.24) is 28.5 Å². The Labute approximate surface area is 181 Å². The minimum atomic E-state index is -0.459. The van der Waals surface area contributed by atoms with E-state index in [4.69, 9.17) is 23.2 Å². The number of aromatic nitrogens is 6. The first-order chi connectivity index (χ1) is 14.2. The Morgan fingerprint density at radius 1 is 1.03 bits per heavy atom. The SMILES string of the molecule is CCn1c(-n2nc(C)cc2C)nc2c1c(=O)n(Cc1ccc(Cl)c(Cl)c1)c(=O)n2C. The molecule has 0 bridgehead atoms. The standard InChI is InChI=1S/C20H20Cl2N6O2/c1-5-26-16-17(23-19(26)28-12(3)8-11(2)24-28)25(4)20(30)27(18(16)29)10-13-6-7-14(21)15(22)9-13/h6-9H,5,10H2,1-4H3. The largest absolute Gasteiger partial charge is 0.332 e. The highest BCUT2D eigenvalue weighted by molar-refractivity contribution is 6.42. The molecule has 3 heterocycles. The maximum atomic E-state index is 13.4. The van der Waals surface area contributed by atoms with Crippen LogP contribution < -0.4 is 11.2 Å². The van der Waals surface area contributed by atoms with Crippen LogP contribution in [-0.4, -0.2) is 28.5 Å². The van der Waals surface area contributed by atoms with Crippen LogP contribution in [0, 0.1) is 13.8 Å². The van der Waals surface area contributed by atoms with Crippen molar-refractivity contribution in [1.29, 1.82) is 0 Å². The lowest BCUT2D eigenvalue weighted by molar-refractivity contribution is 0.649. The molecule has 0 spiro atoms. The molecule has 0 unspecified atom stereocenters. The smallest absolute Gasteiger partial charge is 0.303 e. The molecule has 0 aliphatic carbocycles. The summed E-state index contributed by atoms with van der Waals surface area (Å²) in [5, 5.41) is 5.26. The number of benzene rings is 1. The summed E-state index contributed by atoms with van der Waals surface area (Å²) in [4.78, 5) is 30.9. The van der Waals surface area contributed by atoms with Gasteiger partial charge in [0.15, 0.2) is 11.2 Å². The zero-order valence-electron chi connectivity index (χ0n) is 17.0. The van der Waals surface area contributed by atoms with E-state index in [9.17, 15) is 9.59 Å². The molecule has 4 rings (SSSR count). The van der Waals surface area contributed by atoms with E-state index in [0.29, 0.717) is 39.3 Å². The Bertz CT molecular complexity index is 1410. The van der Waals surface area contributed by atoms with Crippen molar-refractivity contribution < 1.29 is 0 Å². The van der Waals surface area contributed by atoms with E-state index in [0.717, 1.165) is 11.4 Å². The van der Waals surface area contributed by atoms with E-state index < -0.39 is 11.2 Å². The summed E-state index contributed by atoms with van der Waals surface area (Å²) in [6.07, 6.45) is 0. The Morgan fingerprint density at radius 2 is 1.77 bits per heavy atom. The van der Waals surface area contributed by atoms with Gasteiger partial charge in [0.2, 0.25) is 5.95 Å². The summed E-state index contributed by atoms with van der Waals surface area (Å²) in [5.41, 5.74) is 2.22. The summed E-state index contributed by atoms with van der Waals surface area (Å²) in [7, 11) is 1.60. The van der Waals surface area contributed by atoms with Crippen molar-refractivity contribution >= 4 is 34.4 Å². The fourth-order valence-electron chi connectivity index (χ4n) is 3.61. The van der Waals surface area contributed by atoms with E-state index in [-0.39, 0.29) is 6.54 Å². The zero-order valence-corrected chi connectivity index (χ0v) is 18.5. The van der Waals surface area contributed by atoms with Crippen LogP contribution in [0.15, 0.2) is 33.9 Å². The number of hydrogen-bond acceptors (Lipinski definition) is 4. The second-order valence-electron chi connectivity index (χ2n) is 7.15. The van der Waals surface area contributed by atoms with Gasteiger partial charge >= 0.3 is 5.69 Å². The molecule has 0 fully saturated rings. The fourth-order valence-corrected chi connectivity index (χ4v) is 3.93. The first-order valence-corrected chi connectivity index (χ1v) is 10.2. The molecule has 0 saturated carbocycles. The molecule has 0 atom stereocenters. The lowest BCUT2D eigenvalue weighted by Gasteiger charge is -2.10. The first-order valence-electron chi connectivity index (χ1n) is 9.40. The Kier molecular flexibility index (Phi) is 5.07. The Morgan fingerprint density at radius 3 is 2.37 bits per heavy atom. The van der Waals surface area contributed by atoms with Crippen LogP contribution in [0.4, 0.5) is 0 Å². The molecule has 0 aliphatic rings. The Hall–Kier alpha value is -2.84. The summed E-state index contributed by atoms with van der Waals surface area (Å²) in [6, 6.07) is 6.96. The fraction of sp³-hybridized carbons (Fsp3) is 0.300. The van der Waals surface area contributed by atoms with Gasteiger partial charge in [-0.1, -0.05) is 29.3 Å². The van der Waals surface area contributed by atoms with Gasteiger partial charge in [0.05, 0.1) is 22.3 Å². The van der Waals surface area contributed by atoms with Crippen LogP contribution in [0.5, 0.6) is 0 Å². The molecule has 3 aromatic heterocycles. The second-order valence-corrected chi connectivity index (χ2v) is 7.96. The predicted molar refractivity (Wildman–Crippen MR) is 117 cm³/mol. The minimum Gasteiger partial charge on any atom is -0.303 e. The molecule has 0 saturated heterocycles. The summed E-state index contributed by atoms with van der Waals surface area (Å²) < 4.78 is 6.03. The second kappa shape index (κ2) is 7.45. The summed E-state index contributed by atoms with van der Waals surface area (Å²) in [6.45, 7) is 6.29. The highest BCUT2D eigenvalue weighted by Crippen LogP contribution is 2.23. The van der Waals surface area contributed by atoms with Gasteiger partial charge in [-0.05, 0) is 44.5 Å². The highest BCUT2D eigenvalue weighted by Gasteiger charge is 2.22. The van der Waals surface area contributed by atoms with Gasteiger partial charge in [-0.15, -0.1) is 0 Å². The number of nitrogens with zero attached hydrogens (tertiary/aromatic N) is 6. The predicted octanol–water partition coefficient (Wildman–Crippen LogP) is 3.07. The molecule has 4 aromatic rings. The van der Waals surface area contributed by atoms with E-state index in [1.54, 1.807) is 34.5 Å². The van der Waals surface area contributed by atoms with Crippen molar-refractivity contribution in [3.05, 3.63) is 72.1 Å². The highest BCUT2D eigenvalue weighted by atomic mass is 35.5. The van der Waals surface area contributed by atoms with Crippen molar-refractivity contribution in [3.8, 4) is 5.95 Å². The monoisotopic (exact) mass is 446 g/mol. The van der Waals surface area contributed by atoms with Gasteiger partial charge in [-0.25, -0.2) is 9.48 Å². The minimum absolute atomic E-state index is 0.0719. The van der Waals surface area contributed by atoms with Crippen molar-refractivity contribution in [2.24, 2.45) is 7.05 Å². The quantitative estimate of drug-likeness (QED) is 0.482. The third kappa shape index (κ3) is 3.16. The van der Waals surface area contributed by atoms with Crippen LogP contribution in [0.25, 0.3) is 17.1 Å². The number of rotatable bonds is 4. The number of aryl methyl sites for hydroxylation is 4. The maximum Gasteiger partial charge on any atom is 0.332 e. The average molecular weight is 447 g/mol. The van der Waals surface area contributed by atoms with Gasteiger partial charge in [0, 0.05) is 19.3 Å². The van der Waals surface area contributed by atoms with Crippen LogP contribution in [0.3, 0.4) is 0 Å². The molecule has 0 amide bonds. The number of imidazole rings is 1. The number of halogens is 2. The van der Waals surface area contributed by atoms with E-state index in [2.05, 4.69) is 10.1 Å². The third-order valence-electron chi connectivity index (χ3n) is 5.05. The van der Waals surface area contributed by atoms with Crippen molar-refractivity contribution in [2.75, 3.05) is 0 Å². The van der Waals surface area contributed by atoms with Gasteiger partial charge in [0.1, 0.15) is 0 Å². The number of hydrogen-bond donors (Lipinski definition) is 0. The topological polar surface area (TPSA) is 79.6 Å². The molecule has 156 valence electrons. The van der Waals surface area contributed by atoms with Crippen LogP contribution in [0.2, 0.25) is 10.0 Å². The average Bonchev–Trinajstić information content (AvgIpc) is 3.25. The molecule has 0 aliphatic heterocycles. The van der Waals surface area contributed by atoms with Gasteiger partial charge in [-0.2, -0.15) is 10.1 Å². The van der Waals surface area contributed by atoms with Gasteiger partial charge in [0.25, 0.3) is 5.56 Å². The lowest BCUT2D eigenvalue weighted by atomic mass is 10.2. The van der Waals surface area contributed by atoms with Crippen molar-refractivity contribution in [2.45, 2.75) is 33.9 Å². The lowest BCUT2D eigenvalue weighted by Crippen LogP contribution is -2.40. The Balaban J connectivity index is 1.98. The van der Waals surface area contributed by atoms with Gasteiger partial charge < -0.3 is 4.57 Å². The van der Waals surface area contributed by atoms with E-state index in [1.807, 2.05) is 26.8 Å². The molecular weight excluding hydrogens is 427 g/mol. The van der Waals surface area contributed by atoms with Crippen LogP contribution >= 0.6 is 23.2 Å². The maximum absolute atomic E-state index is 13.4. The van der Waals surface area contributed by atoms with Crippen LogP contribution in [-0.2, 0) is 20.1 Å². The number of fused-ring (bicyclic) bond motifs is 1. The van der Waals surface area contributed by atoms with Crippen molar-refractivity contribution in [3.63, 3.8) is 0 Å². The van der Waals surface area contributed by atoms with E-state index >= 15 is 0 Å². The molecular formula is C20H20Cl2N6O2. The molecule has 0 N–H and O–H groups in total. The first kappa shape index (κ1) is 20.4. The zero-order chi connectivity index (χ0) is 21.7. The molecule has 1 aromatic carbocycles. The summed E-state index contributed by atoms with van der Waals surface area (Å²) >= 11 is 12.1. The van der Waals surface area contributed by atoms with E-state index in [1.165, 1.54) is 9.13 Å². The molecule has 30 heavy (non-hydrogen) atoms. The normalized spacial score (nSPS) is 11.5. The molecule has 8 nitrogen and oxygen atoms in total. The summed E-state index contributed by atoms with van der Waals surface area (Å²) in [5.74, 6) is 0.498. The van der Waals surface area contributed by atoms with Crippen LogP contribution in [0.1, 0.15) is 23.9 Å². The molecule has 0 radical (unpaired) electrons. The molecule has 10 heteroatoms. The third-order valence-corrected chi connectivity index (χ3v) is 5.79. The van der Waals surface area contributed by atoms with Gasteiger partial charge in [-0.3, -0.25) is 13.9 Å².